The number of halogens is 4. The molecule has 112 valence electrons. The molecule has 1 atom stereocenters. The molecule has 0 radical (unpaired) electrons. The van der Waals surface area contributed by atoms with Gasteiger partial charge in [-0.2, -0.15) is 0 Å². The maximum absolute atomic E-state index is 9.58. The summed E-state index contributed by atoms with van der Waals surface area (Å²) in [4.78, 5) is 0. The predicted molar refractivity (Wildman–Crippen MR) is 88.4 cm³/mol. The van der Waals surface area contributed by atoms with Crippen LogP contribution in [0.5, 0.6) is 11.5 Å². The van der Waals surface area contributed by atoms with Gasteiger partial charge in [-0.05, 0) is 47.7 Å². The van der Waals surface area contributed by atoms with Crippen molar-refractivity contribution in [3.05, 3.63) is 55.5 Å². The molecule has 0 fully saturated rings. The molecule has 0 amide bonds. The average molecular weight is 366 g/mol. The second kappa shape index (κ2) is 6.53. The predicted octanol–water partition coefficient (Wildman–Crippen LogP) is 6.06. The van der Waals surface area contributed by atoms with Crippen LogP contribution < -0.4 is 0 Å². The molecule has 0 bridgehead atoms. The third-order valence-electron chi connectivity index (χ3n) is 3.23. The van der Waals surface area contributed by atoms with Crippen molar-refractivity contribution < 1.29 is 10.2 Å². The Morgan fingerprint density at radius 3 is 1.62 bits per heavy atom. The fraction of sp³-hybridized carbons (Fsp3) is 0.200. The molecule has 0 aliphatic heterocycles. The number of benzene rings is 2. The molecule has 2 rings (SSSR count). The van der Waals surface area contributed by atoms with Crippen molar-refractivity contribution in [1.82, 2.24) is 0 Å². The first-order valence-corrected chi connectivity index (χ1v) is 7.65. The molecule has 21 heavy (non-hydrogen) atoms. The van der Waals surface area contributed by atoms with E-state index in [2.05, 4.69) is 0 Å². The molecule has 0 aromatic heterocycles. The summed E-state index contributed by atoms with van der Waals surface area (Å²) >= 11 is 23.7. The quantitative estimate of drug-likeness (QED) is 0.694. The molecule has 2 nitrogen and oxygen atoms in total. The Morgan fingerprint density at radius 2 is 1.19 bits per heavy atom. The maximum atomic E-state index is 9.58. The molecular weight excluding hydrogens is 354 g/mol. The van der Waals surface area contributed by atoms with Crippen molar-refractivity contribution in [3.8, 4) is 11.5 Å². The van der Waals surface area contributed by atoms with E-state index in [1.165, 1.54) is 0 Å². The van der Waals surface area contributed by atoms with Crippen molar-refractivity contribution in [2.45, 2.75) is 19.3 Å². The van der Waals surface area contributed by atoms with Crippen molar-refractivity contribution in [2.24, 2.45) is 0 Å². The summed E-state index contributed by atoms with van der Waals surface area (Å²) in [6.07, 6.45) is 0.636. The molecule has 0 saturated heterocycles. The molecule has 1 unspecified atom stereocenters. The van der Waals surface area contributed by atoms with E-state index < -0.39 is 0 Å². The third-order valence-corrected chi connectivity index (χ3v) is 4.38. The first kappa shape index (κ1) is 16.6. The van der Waals surface area contributed by atoms with E-state index in [1.807, 2.05) is 6.92 Å². The highest BCUT2D eigenvalue weighted by atomic mass is 35.5. The lowest BCUT2D eigenvalue weighted by molar-refractivity contribution is 0.474. The van der Waals surface area contributed by atoms with E-state index in [0.29, 0.717) is 6.42 Å². The van der Waals surface area contributed by atoms with Crippen molar-refractivity contribution >= 4 is 46.4 Å². The SMILES string of the molecule is CC(Cc1cc(Cl)c(O)c(Cl)c1)c1cc(Cl)c(O)c(Cl)c1. The number of phenolic OH excluding ortho intramolecular Hbond substituents is 2. The van der Waals surface area contributed by atoms with Crippen LogP contribution in [0.25, 0.3) is 0 Å². The van der Waals surface area contributed by atoms with Crippen LogP contribution in [0.4, 0.5) is 0 Å². The second-order valence-electron chi connectivity index (χ2n) is 4.85. The van der Waals surface area contributed by atoms with Crippen molar-refractivity contribution in [1.29, 1.82) is 0 Å². The first-order valence-electron chi connectivity index (χ1n) is 6.14. The van der Waals surface area contributed by atoms with E-state index in [4.69, 9.17) is 46.4 Å². The summed E-state index contributed by atoms with van der Waals surface area (Å²) in [7, 11) is 0. The fourth-order valence-electron chi connectivity index (χ4n) is 2.08. The zero-order valence-electron chi connectivity index (χ0n) is 11.0. The Kier molecular flexibility index (Phi) is 5.15. The smallest absolute Gasteiger partial charge is 0.152 e. The van der Waals surface area contributed by atoms with Gasteiger partial charge in [0.25, 0.3) is 0 Å². The highest BCUT2D eigenvalue weighted by Gasteiger charge is 2.14. The normalized spacial score (nSPS) is 12.4. The summed E-state index contributed by atoms with van der Waals surface area (Å²) in [6, 6.07) is 6.69. The minimum absolute atomic E-state index is 0.0808. The van der Waals surface area contributed by atoms with Crippen LogP contribution in [0.15, 0.2) is 24.3 Å². The molecule has 6 heteroatoms. The van der Waals surface area contributed by atoms with Gasteiger partial charge in [-0.15, -0.1) is 0 Å². The van der Waals surface area contributed by atoms with Crippen LogP contribution in [0.2, 0.25) is 20.1 Å². The van der Waals surface area contributed by atoms with E-state index in [1.54, 1.807) is 24.3 Å². The summed E-state index contributed by atoms with van der Waals surface area (Å²) < 4.78 is 0. The summed E-state index contributed by atoms with van der Waals surface area (Å²) in [5.41, 5.74) is 1.78. The average Bonchev–Trinajstić information content (AvgIpc) is 2.41. The number of hydrogen-bond donors (Lipinski definition) is 2. The monoisotopic (exact) mass is 364 g/mol. The summed E-state index contributed by atoms with van der Waals surface area (Å²) in [5.74, 6) is -0.159. The van der Waals surface area contributed by atoms with Gasteiger partial charge < -0.3 is 10.2 Å². The summed E-state index contributed by atoms with van der Waals surface area (Å²) in [5, 5.41) is 20.0. The van der Waals surface area contributed by atoms with Crippen molar-refractivity contribution in [3.63, 3.8) is 0 Å². The molecule has 2 N–H and O–H groups in total. The minimum Gasteiger partial charge on any atom is -0.505 e. The van der Waals surface area contributed by atoms with Gasteiger partial charge >= 0.3 is 0 Å². The molecule has 2 aromatic rings. The Labute approximate surface area is 142 Å². The van der Waals surface area contributed by atoms with Gasteiger partial charge in [0.2, 0.25) is 0 Å². The topological polar surface area (TPSA) is 40.5 Å². The lowest BCUT2D eigenvalue weighted by Gasteiger charge is -2.15. The fourth-order valence-corrected chi connectivity index (χ4v) is 3.11. The Bertz CT molecular complexity index is 639. The Balaban J connectivity index is 2.28. The lowest BCUT2D eigenvalue weighted by Crippen LogP contribution is -1.99. The lowest BCUT2D eigenvalue weighted by atomic mass is 9.93. The zero-order valence-corrected chi connectivity index (χ0v) is 14.0. The van der Waals surface area contributed by atoms with Crippen LogP contribution in [0, 0.1) is 0 Å². The molecule has 2 aromatic carbocycles. The van der Waals surface area contributed by atoms with E-state index in [-0.39, 0.29) is 37.5 Å². The highest BCUT2D eigenvalue weighted by Crippen LogP contribution is 2.37. The minimum atomic E-state index is -0.120. The highest BCUT2D eigenvalue weighted by molar-refractivity contribution is 6.37. The number of phenols is 2. The zero-order chi connectivity index (χ0) is 15.7. The van der Waals surface area contributed by atoms with Crippen LogP contribution in [0.1, 0.15) is 24.0 Å². The van der Waals surface area contributed by atoms with Gasteiger partial charge in [-0.3, -0.25) is 0 Å². The third kappa shape index (κ3) is 3.70. The number of hydrogen-bond acceptors (Lipinski definition) is 2. The van der Waals surface area contributed by atoms with Gasteiger partial charge in [-0.25, -0.2) is 0 Å². The molecular formula is C15H12Cl4O2. The number of rotatable bonds is 3. The maximum Gasteiger partial charge on any atom is 0.152 e. The van der Waals surface area contributed by atoms with E-state index in [0.717, 1.165) is 11.1 Å². The molecule has 0 saturated carbocycles. The van der Waals surface area contributed by atoms with Gasteiger partial charge in [0.05, 0.1) is 20.1 Å². The summed E-state index contributed by atoms with van der Waals surface area (Å²) in [6.45, 7) is 1.99. The van der Waals surface area contributed by atoms with Gasteiger partial charge in [0.1, 0.15) is 0 Å². The van der Waals surface area contributed by atoms with E-state index in [9.17, 15) is 10.2 Å². The van der Waals surface area contributed by atoms with Crippen LogP contribution >= 0.6 is 46.4 Å². The number of aromatic hydroxyl groups is 2. The van der Waals surface area contributed by atoms with Gasteiger partial charge in [-0.1, -0.05) is 53.3 Å². The molecule has 0 spiro atoms. The van der Waals surface area contributed by atoms with Crippen LogP contribution in [0.3, 0.4) is 0 Å². The molecule has 0 aliphatic rings. The Hall–Kier alpha value is -0.800. The second-order valence-corrected chi connectivity index (χ2v) is 6.48. The van der Waals surface area contributed by atoms with Crippen molar-refractivity contribution in [2.75, 3.05) is 0 Å². The largest absolute Gasteiger partial charge is 0.505 e. The van der Waals surface area contributed by atoms with Crippen LogP contribution in [-0.2, 0) is 6.42 Å². The van der Waals surface area contributed by atoms with Gasteiger partial charge in [0.15, 0.2) is 11.5 Å². The van der Waals surface area contributed by atoms with Crippen LogP contribution in [-0.4, -0.2) is 10.2 Å². The van der Waals surface area contributed by atoms with E-state index >= 15 is 0 Å². The standard InChI is InChI=1S/C15H12Cl4O2/c1-7(9-5-12(18)15(21)13(19)6-9)2-8-3-10(16)14(20)11(17)4-8/h3-7,20-21H,2H2,1H3. The Morgan fingerprint density at radius 1 is 0.810 bits per heavy atom. The van der Waals surface area contributed by atoms with Gasteiger partial charge in [0, 0.05) is 0 Å². The first-order chi connectivity index (χ1) is 9.79. The molecule has 0 heterocycles. The molecule has 0 aliphatic carbocycles.